The Kier molecular flexibility index (Phi) is 7.01. The first kappa shape index (κ1) is 19.6. The van der Waals surface area contributed by atoms with Crippen molar-refractivity contribution in [2.24, 2.45) is 0 Å². The number of nitrogens with one attached hydrogen (secondary N) is 1. The summed E-state index contributed by atoms with van der Waals surface area (Å²) in [6.45, 7) is 4.59. The van der Waals surface area contributed by atoms with Gasteiger partial charge >= 0.3 is 0 Å². The van der Waals surface area contributed by atoms with Crippen LogP contribution in [0.25, 0.3) is 0 Å². The second-order valence-corrected chi connectivity index (χ2v) is 6.92. The van der Waals surface area contributed by atoms with Crippen LogP contribution in [0.2, 0.25) is 0 Å². The molecule has 0 saturated carbocycles. The van der Waals surface area contributed by atoms with Crippen molar-refractivity contribution in [1.82, 2.24) is 4.90 Å². The number of hydrogen-bond acceptors (Lipinski definition) is 3. The fourth-order valence-electron chi connectivity index (χ4n) is 3.11. The Hall–Kier alpha value is -2.18. The lowest BCUT2D eigenvalue weighted by molar-refractivity contribution is 0.0905. The number of halogens is 1. The molecule has 27 heavy (non-hydrogen) atoms. The summed E-state index contributed by atoms with van der Waals surface area (Å²) >= 11 is 5.64. The Morgan fingerprint density at radius 1 is 1.30 bits per heavy atom. The Morgan fingerprint density at radius 2 is 2.11 bits per heavy atom. The fraction of sp³-hybridized carbons (Fsp3) is 0.381. The van der Waals surface area contributed by atoms with Crippen LogP contribution in [0.3, 0.4) is 0 Å². The van der Waals surface area contributed by atoms with Crippen LogP contribution in [0.5, 0.6) is 5.75 Å². The Morgan fingerprint density at radius 3 is 2.78 bits per heavy atom. The van der Waals surface area contributed by atoms with Crippen molar-refractivity contribution < 1.29 is 13.9 Å². The number of ether oxygens (including phenoxy) is 2. The van der Waals surface area contributed by atoms with Crippen molar-refractivity contribution in [2.45, 2.75) is 32.4 Å². The fourth-order valence-corrected chi connectivity index (χ4v) is 3.37. The molecule has 3 rings (SSSR count). The van der Waals surface area contributed by atoms with Gasteiger partial charge in [0.2, 0.25) is 0 Å². The summed E-state index contributed by atoms with van der Waals surface area (Å²) in [6, 6.07) is 14.3. The minimum atomic E-state index is -0.241. The van der Waals surface area contributed by atoms with Crippen molar-refractivity contribution >= 4 is 23.0 Å². The van der Waals surface area contributed by atoms with E-state index in [-0.39, 0.29) is 11.9 Å². The highest BCUT2D eigenvalue weighted by molar-refractivity contribution is 7.80. The topological polar surface area (TPSA) is 33.7 Å². The molecule has 4 nitrogen and oxygen atoms in total. The summed E-state index contributed by atoms with van der Waals surface area (Å²) in [5, 5.41) is 3.87. The van der Waals surface area contributed by atoms with Gasteiger partial charge in [0, 0.05) is 25.4 Å². The highest BCUT2D eigenvalue weighted by Crippen LogP contribution is 2.19. The normalized spacial score (nSPS) is 16.1. The molecule has 1 unspecified atom stereocenters. The first-order valence-corrected chi connectivity index (χ1v) is 9.69. The van der Waals surface area contributed by atoms with Gasteiger partial charge in [-0.05, 0) is 73.9 Å². The molecule has 0 bridgehead atoms. The summed E-state index contributed by atoms with van der Waals surface area (Å²) in [6.07, 6.45) is 2.24. The van der Waals surface area contributed by atoms with Crippen LogP contribution < -0.4 is 10.1 Å². The number of hydrogen-bond donors (Lipinski definition) is 1. The summed E-state index contributed by atoms with van der Waals surface area (Å²) in [4.78, 5) is 2.04. The second-order valence-electron chi connectivity index (χ2n) is 6.53. The third kappa shape index (κ3) is 5.91. The number of nitrogens with zero attached hydrogens (tertiary/aromatic N) is 1. The Labute approximate surface area is 165 Å². The van der Waals surface area contributed by atoms with E-state index in [9.17, 15) is 4.39 Å². The van der Waals surface area contributed by atoms with Crippen molar-refractivity contribution in [3.8, 4) is 5.75 Å². The lowest BCUT2D eigenvalue weighted by Crippen LogP contribution is -2.39. The standard InChI is InChI=1S/C21H25FN2O2S/c1-2-25-19-10-8-18(9-11-19)23-21(27)24(15-20-7-4-12-26-20)14-16-5-3-6-17(22)13-16/h3,5-6,8-11,13,20H,2,4,7,12,14-15H2,1H3,(H,23,27). The van der Waals surface area contributed by atoms with Crippen LogP contribution in [0.1, 0.15) is 25.3 Å². The van der Waals surface area contributed by atoms with E-state index in [1.165, 1.54) is 6.07 Å². The first-order chi connectivity index (χ1) is 13.1. The molecule has 2 aromatic carbocycles. The molecular formula is C21H25FN2O2S. The molecule has 0 amide bonds. The van der Waals surface area contributed by atoms with Crippen LogP contribution in [0, 0.1) is 5.82 Å². The lowest BCUT2D eigenvalue weighted by atomic mass is 10.2. The number of thiocarbonyl (C=S) groups is 1. The van der Waals surface area contributed by atoms with Gasteiger partial charge in [-0.2, -0.15) is 0 Å². The molecule has 0 aromatic heterocycles. The third-order valence-electron chi connectivity index (χ3n) is 4.41. The molecular weight excluding hydrogens is 363 g/mol. The number of benzene rings is 2. The largest absolute Gasteiger partial charge is 0.494 e. The molecule has 0 radical (unpaired) electrons. The molecule has 2 aromatic rings. The van der Waals surface area contributed by atoms with E-state index < -0.39 is 0 Å². The zero-order chi connectivity index (χ0) is 19.1. The lowest BCUT2D eigenvalue weighted by Gasteiger charge is -2.28. The van der Waals surface area contributed by atoms with Crippen LogP contribution in [-0.4, -0.2) is 35.9 Å². The average Bonchev–Trinajstić information content (AvgIpc) is 3.16. The predicted octanol–water partition coefficient (Wildman–Crippen LogP) is 4.60. The molecule has 1 fully saturated rings. The summed E-state index contributed by atoms with van der Waals surface area (Å²) in [7, 11) is 0. The summed E-state index contributed by atoms with van der Waals surface area (Å²) in [5.74, 6) is 0.583. The minimum absolute atomic E-state index is 0.152. The van der Waals surface area contributed by atoms with Crippen molar-refractivity contribution in [2.75, 3.05) is 25.1 Å². The van der Waals surface area contributed by atoms with E-state index in [1.54, 1.807) is 12.1 Å². The molecule has 1 aliphatic heterocycles. The zero-order valence-corrected chi connectivity index (χ0v) is 16.3. The van der Waals surface area contributed by atoms with Gasteiger partial charge in [-0.25, -0.2) is 4.39 Å². The summed E-state index contributed by atoms with van der Waals surface area (Å²) in [5.41, 5.74) is 1.77. The smallest absolute Gasteiger partial charge is 0.173 e. The SMILES string of the molecule is CCOc1ccc(NC(=S)N(Cc2cccc(F)c2)CC2CCCO2)cc1. The van der Waals surface area contributed by atoms with Gasteiger partial charge in [0.05, 0.1) is 12.7 Å². The maximum atomic E-state index is 13.6. The van der Waals surface area contributed by atoms with Crippen LogP contribution >= 0.6 is 12.2 Å². The number of rotatable bonds is 7. The van der Waals surface area contributed by atoms with Crippen molar-refractivity contribution in [1.29, 1.82) is 0 Å². The van der Waals surface area contributed by atoms with E-state index in [2.05, 4.69) is 5.32 Å². The average molecular weight is 389 g/mol. The maximum Gasteiger partial charge on any atom is 0.173 e. The van der Waals surface area contributed by atoms with Gasteiger partial charge in [-0.15, -0.1) is 0 Å². The maximum absolute atomic E-state index is 13.6. The molecule has 1 N–H and O–H groups in total. The third-order valence-corrected chi connectivity index (χ3v) is 4.77. The Bertz CT molecular complexity index is 748. The van der Waals surface area contributed by atoms with Gasteiger partial charge in [-0.1, -0.05) is 12.1 Å². The van der Waals surface area contributed by atoms with Gasteiger partial charge in [0.25, 0.3) is 0 Å². The van der Waals surface area contributed by atoms with E-state index >= 15 is 0 Å². The van der Waals surface area contributed by atoms with Gasteiger partial charge in [0.15, 0.2) is 5.11 Å². The molecule has 0 spiro atoms. The van der Waals surface area contributed by atoms with Crippen LogP contribution in [-0.2, 0) is 11.3 Å². The zero-order valence-electron chi connectivity index (χ0n) is 15.5. The van der Waals surface area contributed by atoms with E-state index in [0.29, 0.717) is 24.8 Å². The quantitative estimate of drug-likeness (QED) is 0.701. The molecule has 1 saturated heterocycles. The van der Waals surface area contributed by atoms with Crippen LogP contribution in [0.15, 0.2) is 48.5 Å². The van der Waals surface area contributed by atoms with Crippen LogP contribution in [0.4, 0.5) is 10.1 Å². The minimum Gasteiger partial charge on any atom is -0.494 e. The van der Waals surface area contributed by atoms with E-state index in [1.807, 2.05) is 42.2 Å². The summed E-state index contributed by atoms with van der Waals surface area (Å²) < 4.78 is 24.8. The monoisotopic (exact) mass is 388 g/mol. The van der Waals surface area contributed by atoms with E-state index in [0.717, 1.165) is 36.4 Å². The highest BCUT2D eigenvalue weighted by Gasteiger charge is 2.21. The van der Waals surface area contributed by atoms with Gasteiger partial charge < -0.3 is 19.7 Å². The van der Waals surface area contributed by atoms with E-state index in [4.69, 9.17) is 21.7 Å². The molecule has 1 heterocycles. The highest BCUT2D eigenvalue weighted by atomic mass is 32.1. The molecule has 0 aliphatic carbocycles. The molecule has 1 atom stereocenters. The van der Waals surface area contributed by atoms with Crippen molar-refractivity contribution in [3.63, 3.8) is 0 Å². The molecule has 1 aliphatic rings. The molecule has 6 heteroatoms. The van der Waals surface area contributed by atoms with Gasteiger partial charge in [0.1, 0.15) is 11.6 Å². The first-order valence-electron chi connectivity index (χ1n) is 9.29. The Balaban J connectivity index is 1.69. The number of anilines is 1. The molecule has 144 valence electrons. The second kappa shape index (κ2) is 9.67. The van der Waals surface area contributed by atoms with Crippen molar-refractivity contribution in [3.05, 3.63) is 59.9 Å². The van der Waals surface area contributed by atoms with Gasteiger partial charge in [-0.3, -0.25) is 0 Å². The predicted molar refractivity (Wildman–Crippen MR) is 110 cm³/mol.